The summed E-state index contributed by atoms with van der Waals surface area (Å²) in [4.78, 5) is 2.31. The van der Waals surface area contributed by atoms with Gasteiger partial charge in [0.2, 0.25) is 0 Å². The molecule has 0 aromatic carbocycles. The van der Waals surface area contributed by atoms with E-state index in [0.29, 0.717) is 24.3 Å². The topological polar surface area (TPSA) is 71.1 Å². The zero-order valence-corrected chi connectivity index (χ0v) is 9.64. The number of hydrogen-bond acceptors (Lipinski definition) is 4. The molecule has 1 aliphatic heterocycles. The SMILES string of the molecule is N/C(CN1CCOCC2CCCCC21)=N\O. The Kier molecular flexibility index (Phi) is 4.01. The van der Waals surface area contributed by atoms with Crippen molar-refractivity contribution in [1.29, 1.82) is 0 Å². The molecule has 92 valence electrons. The molecule has 2 atom stereocenters. The van der Waals surface area contributed by atoms with Gasteiger partial charge in [-0.05, 0) is 18.8 Å². The lowest BCUT2D eigenvalue weighted by atomic mass is 9.84. The molecule has 1 aliphatic carbocycles. The Morgan fingerprint density at radius 2 is 2.25 bits per heavy atom. The van der Waals surface area contributed by atoms with Crippen LogP contribution in [-0.4, -0.2) is 48.3 Å². The quantitative estimate of drug-likeness (QED) is 0.314. The van der Waals surface area contributed by atoms with Gasteiger partial charge in [0.05, 0.1) is 19.8 Å². The predicted molar refractivity (Wildman–Crippen MR) is 61.5 cm³/mol. The molecule has 0 aromatic rings. The summed E-state index contributed by atoms with van der Waals surface area (Å²) in [5.74, 6) is 0.925. The van der Waals surface area contributed by atoms with Crippen molar-refractivity contribution in [3.8, 4) is 0 Å². The van der Waals surface area contributed by atoms with Crippen molar-refractivity contribution < 1.29 is 9.94 Å². The molecule has 16 heavy (non-hydrogen) atoms. The lowest BCUT2D eigenvalue weighted by Crippen LogP contribution is -2.46. The number of oxime groups is 1. The summed E-state index contributed by atoms with van der Waals surface area (Å²) in [6, 6.07) is 0.552. The van der Waals surface area contributed by atoms with Crippen LogP contribution in [0.2, 0.25) is 0 Å². The maximum absolute atomic E-state index is 8.64. The molecule has 3 N–H and O–H groups in total. The second-order valence-corrected chi connectivity index (χ2v) is 4.75. The van der Waals surface area contributed by atoms with E-state index in [2.05, 4.69) is 10.1 Å². The molecular formula is C11H21N3O2. The van der Waals surface area contributed by atoms with Gasteiger partial charge in [0.15, 0.2) is 5.84 Å². The normalized spacial score (nSPS) is 33.1. The van der Waals surface area contributed by atoms with Crippen molar-refractivity contribution in [2.45, 2.75) is 31.7 Å². The van der Waals surface area contributed by atoms with Crippen molar-refractivity contribution in [3.63, 3.8) is 0 Å². The van der Waals surface area contributed by atoms with Crippen LogP contribution >= 0.6 is 0 Å². The van der Waals surface area contributed by atoms with Crippen molar-refractivity contribution in [2.24, 2.45) is 16.8 Å². The fraction of sp³-hybridized carbons (Fsp3) is 0.909. The van der Waals surface area contributed by atoms with Crippen LogP contribution in [0.25, 0.3) is 0 Å². The fourth-order valence-corrected chi connectivity index (χ4v) is 2.88. The maximum Gasteiger partial charge on any atom is 0.153 e. The Morgan fingerprint density at radius 1 is 1.44 bits per heavy atom. The van der Waals surface area contributed by atoms with E-state index in [-0.39, 0.29) is 0 Å². The second kappa shape index (κ2) is 5.50. The van der Waals surface area contributed by atoms with Crippen LogP contribution in [0.4, 0.5) is 0 Å². The van der Waals surface area contributed by atoms with Gasteiger partial charge in [0, 0.05) is 12.6 Å². The van der Waals surface area contributed by atoms with Crippen LogP contribution in [0.15, 0.2) is 5.16 Å². The summed E-state index contributed by atoms with van der Waals surface area (Å²) < 4.78 is 5.62. The number of rotatable bonds is 2. The molecule has 2 aliphatic rings. The van der Waals surface area contributed by atoms with E-state index in [9.17, 15) is 0 Å². The Morgan fingerprint density at radius 3 is 3.06 bits per heavy atom. The molecule has 1 saturated heterocycles. The monoisotopic (exact) mass is 227 g/mol. The molecule has 0 bridgehead atoms. The van der Waals surface area contributed by atoms with Gasteiger partial charge >= 0.3 is 0 Å². The molecular weight excluding hydrogens is 206 g/mol. The summed E-state index contributed by atoms with van der Waals surface area (Å²) in [6.07, 6.45) is 5.06. The van der Waals surface area contributed by atoms with Crippen molar-refractivity contribution in [2.75, 3.05) is 26.3 Å². The van der Waals surface area contributed by atoms with Crippen LogP contribution < -0.4 is 5.73 Å². The first-order valence-corrected chi connectivity index (χ1v) is 6.09. The van der Waals surface area contributed by atoms with Gasteiger partial charge in [-0.25, -0.2) is 0 Å². The highest BCUT2D eigenvalue weighted by atomic mass is 16.5. The van der Waals surface area contributed by atoms with Crippen molar-refractivity contribution >= 4 is 5.84 Å². The van der Waals surface area contributed by atoms with E-state index in [4.69, 9.17) is 15.7 Å². The fourth-order valence-electron chi connectivity index (χ4n) is 2.88. The minimum Gasteiger partial charge on any atom is -0.409 e. The smallest absolute Gasteiger partial charge is 0.153 e. The van der Waals surface area contributed by atoms with Gasteiger partial charge in [0.1, 0.15) is 0 Å². The van der Waals surface area contributed by atoms with Crippen LogP contribution in [0.3, 0.4) is 0 Å². The number of nitrogens with zero attached hydrogens (tertiary/aromatic N) is 2. The number of ether oxygens (including phenoxy) is 1. The Bertz CT molecular complexity index is 258. The van der Waals surface area contributed by atoms with E-state index in [1.807, 2.05) is 0 Å². The van der Waals surface area contributed by atoms with Crippen LogP contribution in [0, 0.1) is 5.92 Å². The van der Waals surface area contributed by atoms with E-state index in [1.54, 1.807) is 0 Å². The summed E-state index contributed by atoms with van der Waals surface area (Å²) in [7, 11) is 0. The Hall–Kier alpha value is -0.810. The largest absolute Gasteiger partial charge is 0.409 e. The molecule has 1 saturated carbocycles. The van der Waals surface area contributed by atoms with E-state index in [0.717, 1.165) is 19.8 Å². The average Bonchev–Trinajstić information content (AvgIpc) is 2.52. The molecule has 0 aromatic heterocycles. The Balaban J connectivity index is 2.02. The number of nitrogens with two attached hydrogens (primary N) is 1. The zero-order chi connectivity index (χ0) is 11.4. The van der Waals surface area contributed by atoms with Crippen molar-refractivity contribution in [1.82, 2.24) is 4.90 Å². The third-order valence-corrected chi connectivity index (χ3v) is 3.69. The maximum atomic E-state index is 8.64. The van der Waals surface area contributed by atoms with Gasteiger partial charge in [-0.15, -0.1) is 0 Å². The molecule has 5 nitrogen and oxygen atoms in total. The molecule has 1 heterocycles. The first-order chi connectivity index (χ1) is 7.81. The number of amidine groups is 1. The van der Waals surface area contributed by atoms with Gasteiger partial charge in [0.25, 0.3) is 0 Å². The molecule has 2 rings (SSSR count). The minimum atomic E-state index is 0.297. The third-order valence-electron chi connectivity index (χ3n) is 3.69. The van der Waals surface area contributed by atoms with Crippen LogP contribution in [0.5, 0.6) is 0 Å². The summed E-state index contributed by atoms with van der Waals surface area (Å²) >= 11 is 0. The lowest BCUT2D eigenvalue weighted by molar-refractivity contribution is 0.0970. The van der Waals surface area contributed by atoms with E-state index < -0.39 is 0 Å². The highest BCUT2D eigenvalue weighted by Crippen LogP contribution is 2.30. The van der Waals surface area contributed by atoms with E-state index >= 15 is 0 Å². The zero-order valence-electron chi connectivity index (χ0n) is 9.64. The highest BCUT2D eigenvalue weighted by Gasteiger charge is 2.32. The van der Waals surface area contributed by atoms with E-state index in [1.165, 1.54) is 25.7 Å². The molecule has 5 heteroatoms. The van der Waals surface area contributed by atoms with Gasteiger partial charge in [-0.3, -0.25) is 4.90 Å². The molecule has 2 fully saturated rings. The van der Waals surface area contributed by atoms with Gasteiger partial charge in [-0.1, -0.05) is 18.0 Å². The lowest BCUT2D eigenvalue weighted by Gasteiger charge is -2.37. The molecule has 0 spiro atoms. The van der Waals surface area contributed by atoms with Gasteiger partial charge < -0.3 is 15.7 Å². The third kappa shape index (κ3) is 2.65. The van der Waals surface area contributed by atoms with Gasteiger partial charge in [-0.2, -0.15) is 0 Å². The first kappa shape index (κ1) is 11.7. The standard InChI is InChI=1S/C11H21N3O2/c12-11(13-15)7-14-5-6-16-8-9-3-1-2-4-10(9)14/h9-10,15H,1-8H2,(H2,12,13). The van der Waals surface area contributed by atoms with Crippen LogP contribution in [-0.2, 0) is 4.74 Å². The number of fused-ring (bicyclic) bond motifs is 1. The molecule has 0 radical (unpaired) electrons. The summed E-state index contributed by atoms with van der Waals surface area (Å²) in [5, 5.41) is 11.7. The Labute approximate surface area is 96.2 Å². The minimum absolute atomic E-state index is 0.297. The van der Waals surface area contributed by atoms with Crippen LogP contribution in [0.1, 0.15) is 25.7 Å². The first-order valence-electron chi connectivity index (χ1n) is 6.09. The average molecular weight is 227 g/mol. The predicted octanol–water partition coefficient (Wildman–Crippen LogP) is 0.624. The molecule has 0 amide bonds. The van der Waals surface area contributed by atoms with Crippen molar-refractivity contribution in [3.05, 3.63) is 0 Å². The highest BCUT2D eigenvalue weighted by molar-refractivity contribution is 5.81. The second-order valence-electron chi connectivity index (χ2n) is 4.75. The summed E-state index contributed by atoms with van der Waals surface area (Å²) in [5.41, 5.74) is 5.59. The number of hydrogen-bond donors (Lipinski definition) is 2. The molecule has 2 unspecified atom stereocenters. The summed E-state index contributed by atoms with van der Waals surface area (Å²) in [6.45, 7) is 3.07.